The molecule has 2 rings (SSSR count). The third-order valence-electron chi connectivity index (χ3n) is 3.73. The van der Waals surface area contributed by atoms with Crippen molar-refractivity contribution in [2.45, 2.75) is 40.2 Å². The average molecular weight is 328 g/mol. The molecular weight excluding hydrogens is 304 g/mol. The van der Waals surface area contributed by atoms with Gasteiger partial charge >= 0.3 is 0 Å². The molecule has 0 fully saturated rings. The minimum atomic E-state index is -0.431. The number of hydrogen-bond acceptors (Lipinski definition) is 5. The summed E-state index contributed by atoms with van der Waals surface area (Å²) in [6.07, 6.45) is 0.540. The highest BCUT2D eigenvalue weighted by molar-refractivity contribution is 5.96. The molecule has 0 aliphatic rings. The summed E-state index contributed by atoms with van der Waals surface area (Å²) >= 11 is 0. The van der Waals surface area contributed by atoms with Crippen LogP contribution in [0.4, 0.5) is 5.95 Å². The number of rotatable bonds is 6. The second-order valence-electron chi connectivity index (χ2n) is 5.54. The molecule has 0 radical (unpaired) electrons. The summed E-state index contributed by atoms with van der Waals surface area (Å²) in [4.78, 5) is 20.7. The Labute approximate surface area is 142 Å². The van der Waals surface area contributed by atoms with Crippen molar-refractivity contribution in [2.24, 2.45) is 0 Å². The number of benzene rings is 1. The van der Waals surface area contributed by atoms with E-state index in [0.29, 0.717) is 23.5 Å². The van der Waals surface area contributed by atoms with Crippen molar-refractivity contribution >= 4 is 11.9 Å². The molecule has 1 aromatic carbocycles. The summed E-state index contributed by atoms with van der Waals surface area (Å²) in [6, 6.07) is 7.87. The quantitative estimate of drug-likeness (QED) is 0.851. The minimum Gasteiger partial charge on any atom is -0.484 e. The van der Waals surface area contributed by atoms with E-state index in [0.717, 1.165) is 12.2 Å². The SMILES string of the molecule is CCNC(=O)c1c(C)nc(N)nc1C(C)Oc1ccc(CC)cc1. The summed E-state index contributed by atoms with van der Waals surface area (Å²) in [7, 11) is 0. The van der Waals surface area contributed by atoms with Crippen LogP contribution in [0.5, 0.6) is 5.75 Å². The van der Waals surface area contributed by atoms with Gasteiger partial charge in [0.15, 0.2) is 0 Å². The second kappa shape index (κ2) is 7.77. The van der Waals surface area contributed by atoms with Crippen LogP contribution >= 0.6 is 0 Å². The molecule has 128 valence electrons. The van der Waals surface area contributed by atoms with E-state index in [1.807, 2.05) is 38.1 Å². The number of aromatic nitrogens is 2. The molecule has 1 heterocycles. The Kier molecular flexibility index (Phi) is 5.73. The average Bonchev–Trinajstić information content (AvgIpc) is 2.54. The molecule has 0 spiro atoms. The summed E-state index contributed by atoms with van der Waals surface area (Å²) in [5.41, 5.74) is 8.45. The fourth-order valence-corrected chi connectivity index (χ4v) is 2.50. The van der Waals surface area contributed by atoms with Gasteiger partial charge in [-0.3, -0.25) is 4.79 Å². The molecule has 24 heavy (non-hydrogen) atoms. The lowest BCUT2D eigenvalue weighted by molar-refractivity contribution is 0.0949. The van der Waals surface area contributed by atoms with Crippen molar-refractivity contribution in [2.75, 3.05) is 12.3 Å². The topological polar surface area (TPSA) is 90.1 Å². The molecule has 0 aliphatic heterocycles. The van der Waals surface area contributed by atoms with E-state index in [2.05, 4.69) is 22.2 Å². The van der Waals surface area contributed by atoms with Gasteiger partial charge in [-0.05, 0) is 44.9 Å². The number of carbonyl (C=O) groups is 1. The van der Waals surface area contributed by atoms with Crippen molar-refractivity contribution in [1.82, 2.24) is 15.3 Å². The molecule has 0 saturated heterocycles. The van der Waals surface area contributed by atoms with Crippen molar-refractivity contribution < 1.29 is 9.53 Å². The number of aryl methyl sites for hydroxylation is 2. The Hall–Kier alpha value is -2.63. The summed E-state index contributed by atoms with van der Waals surface area (Å²) in [5, 5.41) is 2.78. The molecule has 0 saturated carbocycles. The number of carbonyl (C=O) groups excluding carboxylic acids is 1. The molecule has 1 aromatic heterocycles. The van der Waals surface area contributed by atoms with E-state index >= 15 is 0 Å². The van der Waals surface area contributed by atoms with Crippen LogP contribution < -0.4 is 15.8 Å². The number of amides is 1. The molecule has 6 heteroatoms. The first kappa shape index (κ1) is 17.7. The van der Waals surface area contributed by atoms with Gasteiger partial charge in [-0.2, -0.15) is 0 Å². The van der Waals surface area contributed by atoms with Crippen LogP contribution in [0.15, 0.2) is 24.3 Å². The lowest BCUT2D eigenvalue weighted by Crippen LogP contribution is -2.27. The summed E-state index contributed by atoms with van der Waals surface area (Å²) < 4.78 is 5.95. The van der Waals surface area contributed by atoms with Crippen LogP contribution in [-0.2, 0) is 6.42 Å². The van der Waals surface area contributed by atoms with Crippen molar-refractivity contribution in [1.29, 1.82) is 0 Å². The zero-order valence-corrected chi connectivity index (χ0v) is 14.6. The van der Waals surface area contributed by atoms with Gasteiger partial charge in [0.25, 0.3) is 5.91 Å². The monoisotopic (exact) mass is 328 g/mol. The fraction of sp³-hybridized carbons (Fsp3) is 0.389. The molecule has 1 atom stereocenters. The molecular formula is C18H24N4O2. The zero-order valence-electron chi connectivity index (χ0n) is 14.6. The Bertz CT molecular complexity index is 714. The van der Waals surface area contributed by atoms with Gasteiger partial charge < -0.3 is 15.8 Å². The van der Waals surface area contributed by atoms with Gasteiger partial charge in [0.1, 0.15) is 11.9 Å². The van der Waals surface area contributed by atoms with Crippen LogP contribution in [0.3, 0.4) is 0 Å². The van der Waals surface area contributed by atoms with Gasteiger partial charge in [0, 0.05) is 6.54 Å². The molecule has 3 N–H and O–H groups in total. The second-order valence-corrected chi connectivity index (χ2v) is 5.54. The number of hydrogen-bond donors (Lipinski definition) is 2. The Morgan fingerprint density at radius 3 is 2.50 bits per heavy atom. The highest BCUT2D eigenvalue weighted by atomic mass is 16.5. The van der Waals surface area contributed by atoms with Gasteiger partial charge in [-0.15, -0.1) is 0 Å². The highest BCUT2D eigenvalue weighted by Crippen LogP contribution is 2.25. The van der Waals surface area contributed by atoms with Crippen LogP contribution in [0.2, 0.25) is 0 Å². The number of nitrogens with two attached hydrogens (primary N) is 1. The Morgan fingerprint density at radius 1 is 1.25 bits per heavy atom. The maximum Gasteiger partial charge on any atom is 0.255 e. The van der Waals surface area contributed by atoms with Crippen molar-refractivity contribution in [3.05, 3.63) is 46.8 Å². The largest absolute Gasteiger partial charge is 0.484 e. The first-order chi connectivity index (χ1) is 11.5. The standard InChI is InChI=1S/C18H24N4O2/c1-5-13-7-9-14(10-8-13)24-12(4)16-15(17(23)20-6-2)11(3)21-18(19)22-16/h7-10,12H,5-6H2,1-4H3,(H,20,23)(H2,19,21,22). The molecule has 6 nitrogen and oxygen atoms in total. The van der Waals surface area contributed by atoms with Crippen LogP contribution in [0.1, 0.15) is 54.2 Å². The Balaban J connectivity index is 2.32. The van der Waals surface area contributed by atoms with Gasteiger partial charge in [-0.1, -0.05) is 19.1 Å². The lowest BCUT2D eigenvalue weighted by Gasteiger charge is -2.19. The maximum atomic E-state index is 12.4. The summed E-state index contributed by atoms with van der Waals surface area (Å²) in [6.45, 7) is 8.08. The van der Waals surface area contributed by atoms with Crippen LogP contribution in [0.25, 0.3) is 0 Å². The van der Waals surface area contributed by atoms with E-state index in [4.69, 9.17) is 10.5 Å². The minimum absolute atomic E-state index is 0.132. The van der Waals surface area contributed by atoms with Crippen molar-refractivity contribution in [3.63, 3.8) is 0 Å². The number of anilines is 1. The fourth-order valence-electron chi connectivity index (χ4n) is 2.50. The highest BCUT2D eigenvalue weighted by Gasteiger charge is 2.23. The van der Waals surface area contributed by atoms with E-state index < -0.39 is 6.10 Å². The number of nitrogens with zero attached hydrogens (tertiary/aromatic N) is 2. The molecule has 0 bridgehead atoms. The van der Waals surface area contributed by atoms with Crippen molar-refractivity contribution in [3.8, 4) is 5.75 Å². The van der Waals surface area contributed by atoms with E-state index in [1.165, 1.54) is 5.56 Å². The number of ether oxygens (including phenoxy) is 1. The van der Waals surface area contributed by atoms with Gasteiger partial charge in [0.05, 0.1) is 17.0 Å². The van der Waals surface area contributed by atoms with Gasteiger partial charge in [-0.25, -0.2) is 9.97 Å². The predicted molar refractivity (Wildman–Crippen MR) is 94.1 cm³/mol. The normalized spacial score (nSPS) is 11.8. The predicted octanol–water partition coefficient (Wildman–Crippen LogP) is 2.82. The van der Waals surface area contributed by atoms with E-state index in [1.54, 1.807) is 6.92 Å². The first-order valence-electron chi connectivity index (χ1n) is 8.14. The van der Waals surface area contributed by atoms with Crippen LogP contribution in [-0.4, -0.2) is 22.4 Å². The van der Waals surface area contributed by atoms with E-state index in [9.17, 15) is 4.79 Å². The smallest absolute Gasteiger partial charge is 0.255 e. The van der Waals surface area contributed by atoms with E-state index in [-0.39, 0.29) is 11.9 Å². The summed E-state index contributed by atoms with van der Waals surface area (Å²) in [5.74, 6) is 0.630. The molecule has 0 aliphatic carbocycles. The molecule has 2 aromatic rings. The zero-order chi connectivity index (χ0) is 17.7. The molecule has 1 amide bonds. The Morgan fingerprint density at radius 2 is 1.92 bits per heavy atom. The lowest BCUT2D eigenvalue weighted by atomic mass is 10.1. The van der Waals surface area contributed by atoms with Crippen LogP contribution in [0, 0.1) is 6.92 Å². The van der Waals surface area contributed by atoms with Gasteiger partial charge in [0.2, 0.25) is 5.95 Å². The molecule has 1 unspecified atom stereocenters. The number of nitrogens with one attached hydrogen (secondary N) is 1. The third kappa shape index (κ3) is 4.01. The third-order valence-corrected chi connectivity index (χ3v) is 3.73. The first-order valence-corrected chi connectivity index (χ1v) is 8.14. The maximum absolute atomic E-state index is 12.4. The number of nitrogen functional groups attached to an aromatic ring is 1.